The van der Waals surface area contributed by atoms with Gasteiger partial charge in [-0.3, -0.25) is 22.9 Å². The van der Waals surface area contributed by atoms with Crippen molar-refractivity contribution in [1.82, 2.24) is 19.5 Å². The van der Waals surface area contributed by atoms with Crippen LogP contribution in [0, 0.1) is 0 Å². The van der Waals surface area contributed by atoms with Crippen molar-refractivity contribution in [3.05, 3.63) is 42.7 Å². The fourth-order valence-corrected chi connectivity index (χ4v) is 7.47. The number of nitrogens with zero attached hydrogens (tertiary/aromatic N) is 5. The number of hydrogen-bond donors (Lipinski definition) is 9. The van der Waals surface area contributed by atoms with Crippen LogP contribution in [0.2, 0.25) is 0 Å². The number of pyridine rings is 1. The first-order chi connectivity index (χ1) is 22.4. The number of anilines is 1. The highest BCUT2D eigenvalue weighted by Crippen LogP contribution is 2.61. The van der Waals surface area contributed by atoms with Crippen molar-refractivity contribution in [1.29, 1.82) is 0 Å². The van der Waals surface area contributed by atoms with Crippen molar-refractivity contribution in [2.45, 2.75) is 49.1 Å². The molecule has 2 fully saturated rings. The van der Waals surface area contributed by atoms with Crippen LogP contribution in [0.5, 0.6) is 0 Å². The molecule has 24 nitrogen and oxygen atoms in total. The first kappa shape index (κ1) is 36.4. The Hall–Kier alpha value is -2.86. The van der Waals surface area contributed by atoms with Crippen molar-refractivity contribution in [2.75, 3.05) is 18.9 Å². The highest BCUT2D eigenvalue weighted by atomic mass is 31.3. The van der Waals surface area contributed by atoms with Gasteiger partial charge in [-0.2, -0.15) is 8.88 Å². The number of carbonyl (C=O) groups is 1. The second kappa shape index (κ2) is 13.8. The van der Waals surface area contributed by atoms with E-state index >= 15 is 0 Å². The van der Waals surface area contributed by atoms with E-state index in [0.29, 0.717) is 0 Å². The fraction of sp³-hybridized carbons (Fsp3) is 0.476. The second-order valence-electron chi connectivity index (χ2n) is 10.3. The highest BCUT2D eigenvalue weighted by molar-refractivity contribution is 7.61. The molecule has 0 aromatic carbocycles. The number of rotatable bonds is 13. The van der Waals surface area contributed by atoms with Gasteiger partial charge in [0.25, 0.3) is 12.1 Å². The van der Waals surface area contributed by atoms with E-state index in [9.17, 15) is 53.4 Å². The first-order valence-corrected chi connectivity index (χ1v) is 17.9. The van der Waals surface area contributed by atoms with Crippen molar-refractivity contribution in [3.8, 4) is 0 Å². The van der Waals surface area contributed by atoms with E-state index < -0.39 is 91.7 Å². The van der Waals surface area contributed by atoms with E-state index in [1.807, 2.05) is 0 Å². The monoisotopic (exact) mass is 744 g/mol. The third-order valence-corrected chi connectivity index (χ3v) is 10.1. The van der Waals surface area contributed by atoms with Crippen LogP contribution in [0.1, 0.15) is 22.8 Å². The number of phosphoric ester groups is 3. The summed E-state index contributed by atoms with van der Waals surface area (Å²) in [5.74, 6) is -0.848. The minimum absolute atomic E-state index is 0.00286. The molecular weight excluding hydrogens is 715 g/mol. The Morgan fingerprint density at radius 3 is 2.23 bits per heavy atom. The highest BCUT2D eigenvalue weighted by Gasteiger charge is 2.51. The number of hydrogen-bond acceptors (Lipinski definition) is 17. The summed E-state index contributed by atoms with van der Waals surface area (Å²) >= 11 is 0. The maximum atomic E-state index is 12.6. The molecule has 5 rings (SSSR count). The average molecular weight is 744 g/mol. The van der Waals surface area contributed by atoms with Gasteiger partial charge in [-0.1, -0.05) is 0 Å². The van der Waals surface area contributed by atoms with E-state index in [1.165, 1.54) is 29.1 Å². The minimum atomic E-state index is -5.52. The molecule has 3 aromatic heterocycles. The number of aromatic nitrogens is 5. The number of imidazole rings is 1. The van der Waals surface area contributed by atoms with E-state index in [0.717, 1.165) is 17.2 Å². The SMILES string of the molecule is NC(=O)c1ccc[n+]([C@@H]2O[C@H](COP(=O)(O)OP(=O)(O)OC[C@H]3O[C@@H](n4cnc5c(N)ncnc54)[C@@H](OP(=O)(O)O)C3O)C(O)[C@@H]2O)c1. The molecule has 3 aromatic rings. The molecular formula is C21H29N7O17P3+. The molecule has 4 unspecified atom stereocenters. The number of aliphatic hydroxyl groups excluding tert-OH is 3. The zero-order valence-electron chi connectivity index (χ0n) is 23.9. The number of fused-ring (bicyclic) bond motifs is 1. The quantitative estimate of drug-likeness (QED) is 0.0626. The molecule has 2 aliphatic rings. The number of ether oxygens (including phenoxy) is 2. The van der Waals surface area contributed by atoms with Crippen molar-refractivity contribution < 1.29 is 85.3 Å². The molecule has 5 heterocycles. The lowest BCUT2D eigenvalue weighted by Gasteiger charge is -2.22. The fourth-order valence-electron chi connectivity index (χ4n) is 4.83. The number of phosphoric acid groups is 3. The van der Waals surface area contributed by atoms with Crippen LogP contribution in [0.15, 0.2) is 37.2 Å². The maximum absolute atomic E-state index is 12.6. The van der Waals surface area contributed by atoms with E-state index in [2.05, 4.69) is 23.8 Å². The Kier molecular flexibility index (Phi) is 10.5. The smallest absolute Gasteiger partial charge is 0.387 e. The van der Waals surface area contributed by atoms with Gasteiger partial charge in [-0.05, 0) is 6.07 Å². The van der Waals surface area contributed by atoms with Crippen LogP contribution in [0.3, 0.4) is 0 Å². The molecule has 10 atom stereocenters. The van der Waals surface area contributed by atoms with Gasteiger partial charge in [-0.15, -0.1) is 0 Å². The molecule has 0 bridgehead atoms. The standard InChI is InChI=1S/C21H28N7O17P3/c22-17-12-19(25-7-24-17)28(8-26-12)21-16(44-46(33,34)35)14(30)11(43-21)6-41-48(38,39)45-47(36,37)40-5-10-13(29)15(31)20(42-10)27-3-1-2-9(4-27)18(23)32/h1-4,7-8,10-11,13-16,20-21,29-31H,5-6H2,(H7-,22,23,24,25,32,33,34,35,36,37,38,39)/p+1/t10-,11-,13?,14?,15+,16+,20-,21-/m1/s1. The number of nitrogen functional groups attached to an aromatic ring is 1. The lowest BCUT2D eigenvalue weighted by Crippen LogP contribution is -2.46. The molecule has 0 saturated carbocycles. The summed E-state index contributed by atoms with van der Waals surface area (Å²) in [4.78, 5) is 62.2. The number of nitrogens with two attached hydrogens (primary N) is 2. The largest absolute Gasteiger partial charge is 0.481 e. The molecule has 2 saturated heterocycles. The zero-order chi connectivity index (χ0) is 35.2. The number of carbonyl (C=O) groups excluding carboxylic acids is 1. The Morgan fingerprint density at radius 2 is 1.60 bits per heavy atom. The zero-order valence-corrected chi connectivity index (χ0v) is 26.6. The third-order valence-electron chi connectivity index (χ3n) is 6.98. The van der Waals surface area contributed by atoms with Crippen LogP contribution in [-0.2, 0) is 41.1 Å². The van der Waals surface area contributed by atoms with Gasteiger partial charge in [-0.25, -0.2) is 28.6 Å². The Bertz CT molecular complexity index is 1810. The number of amides is 1. The Labute approximate surface area is 267 Å². The number of primary amides is 1. The molecule has 1 amide bonds. The summed E-state index contributed by atoms with van der Waals surface area (Å²) in [5, 5.41) is 31.5. The molecule has 2 aliphatic heterocycles. The van der Waals surface area contributed by atoms with Crippen LogP contribution in [0.25, 0.3) is 11.2 Å². The van der Waals surface area contributed by atoms with Gasteiger partial charge in [0.05, 0.1) is 19.5 Å². The second-order valence-corrected chi connectivity index (χ2v) is 14.5. The van der Waals surface area contributed by atoms with E-state index in [1.54, 1.807) is 0 Å². The van der Waals surface area contributed by atoms with Gasteiger partial charge in [0, 0.05) is 6.07 Å². The normalized spacial score (nSPS) is 30.3. The van der Waals surface area contributed by atoms with Gasteiger partial charge in [0.1, 0.15) is 47.9 Å². The molecule has 11 N–H and O–H groups in total. The number of aliphatic hydroxyl groups is 3. The summed E-state index contributed by atoms with van der Waals surface area (Å²) in [6.45, 7) is -2.03. The van der Waals surface area contributed by atoms with Crippen molar-refractivity contribution in [3.63, 3.8) is 0 Å². The Morgan fingerprint density at radius 1 is 0.958 bits per heavy atom. The first-order valence-electron chi connectivity index (χ1n) is 13.3. The van der Waals surface area contributed by atoms with Gasteiger partial charge in [0.15, 0.2) is 36.2 Å². The summed E-state index contributed by atoms with van der Waals surface area (Å²) in [5.41, 5.74) is 11.1. The van der Waals surface area contributed by atoms with Crippen LogP contribution in [0.4, 0.5) is 5.82 Å². The summed E-state index contributed by atoms with van der Waals surface area (Å²) < 4.78 is 68.4. The van der Waals surface area contributed by atoms with Crippen LogP contribution < -0.4 is 16.0 Å². The third kappa shape index (κ3) is 8.12. The molecule has 0 aliphatic carbocycles. The van der Waals surface area contributed by atoms with Gasteiger partial charge in [0.2, 0.25) is 0 Å². The molecule has 27 heteroatoms. The predicted octanol–water partition coefficient (Wildman–Crippen LogP) is -2.90. The van der Waals surface area contributed by atoms with Crippen LogP contribution in [-0.4, -0.2) is 110 Å². The van der Waals surface area contributed by atoms with Crippen molar-refractivity contribution >= 4 is 46.4 Å². The van der Waals surface area contributed by atoms with Gasteiger partial charge >= 0.3 is 23.5 Å². The predicted molar refractivity (Wildman–Crippen MR) is 150 cm³/mol. The lowest BCUT2D eigenvalue weighted by atomic mass is 10.1. The average Bonchev–Trinajstić information content (AvgIpc) is 3.64. The summed E-state index contributed by atoms with van der Waals surface area (Å²) in [6.07, 6.45) is -8.39. The Balaban J connectivity index is 1.21. The lowest BCUT2D eigenvalue weighted by molar-refractivity contribution is -0.765. The topological polar surface area (TPSA) is 365 Å². The molecule has 264 valence electrons. The molecule has 0 radical (unpaired) electrons. The molecule has 48 heavy (non-hydrogen) atoms. The summed E-state index contributed by atoms with van der Waals surface area (Å²) in [6, 6.07) is 2.79. The minimum Gasteiger partial charge on any atom is -0.387 e. The molecule has 0 spiro atoms. The summed E-state index contributed by atoms with van der Waals surface area (Å²) in [7, 11) is -16.3. The van der Waals surface area contributed by atoms with Crippen molar-refractivity contribution in [2.24, 2.45) is 5.73 Å². The van der Waals surface area contributed by atoms with E-state index in [4.69, 9.17) is 30.0 Å². The maximum Gasteiger partial charge on any atom is 0.481 e. The van der Waals surface area contributed by atoms with E-state index in [-0.39, 0.29) is 22.5 Å². The van der Waals surface area contributed by atoms with Gasteiger partial charge < -0.3 is 55.8 Å². The van der Waals surface area contributed by atoms with Crippen LogP contribution >= 0.6 is 23.5 Å².